The van der Waals surface area contributed by atoms with Crippen LogP contribution in [0.5, 0.6) is 5.75 Å². The molecular formula is C27H23N5O5. The molecule has 10 nitrogen and oxygen atoms in total. The minimum atomic E-state index is -0.557. The molecule has 5 rings (SSSR count). The van der Waals surface area contributed by atoms with Crippen molar-refractivity contribution in [2.45, 2.75) is 13.1 Å². The number of carbonyl (C=O) groups excluding carboxylic acids is 2. The molecule has 0 saturated carbocycles. The van der Waals surface area contributed by atoms with Gasteiger partial charge in [-0.05, 0) is 34.4 Å². The van der Waals surface area contributed by atoms with Gasteiger partial charge in [-0.25, -0.2) is 0 Å². The van der Waals surface area contributed by atoms with Crippen molar-refractivity contribution in [3.05, 3.63) is 106 Å². The van der Waals surface area contributed by atoms with Gasteiger partial charge in [0.2, 0.25) is 5.91 Å². The molecule has 2 heterocycles. The number of amides is 2. The summed E-state index contributed by atoms with van der Waals surface area (Å²) in [7, 11) is 0. The molecule has 0 radical (unpaired) electrons. The summed E-state index contributed by atoms with van der Waals surface area (Å²) in [4.78, 5) is 37.1. The Kier molecular flexibility index (Phi) is 6.62. The molecule has 2 amide bonds. The number of rotatable bonds is 8. The normalized spacial score (nSPS) is 12.5. The summed E-state index contributed by atoms with van der Waals surface area (Å²) < 4.78 is 7.22. The molecule has 0 aliphatic carbocycles. The van der Waals surface area contributed by atoms with Crippen molar-refractivity contribution < 1.29 is 19.2 Å². The van der Waals surface area contributed by atoms with Crippen molar-refractivity contribution in [2.75, 3.05) is 18.1 Å². The number of non-ortho nitro benzene ring substituents is 1. The number of nitrogens with one attached hydrogen (secondary N) is 1. The lowest BCUT2D eigenvalue weighted by atomic mass is 9.98. The van der Waals surface area contributed by atoms with Crippen molar-refractivity contribution >= 4 is 23.2 Å². The Morgan fingerprint density at radius 2 is 1.89 bits per heavy atom. The van der Waals surface area contributed by atoms with Crippen molar-refractivity contribution in [3.8, 4) is 16.9 Å². The first-order valence-electron chi connectivity index (χ1n) is 11.6. The number of nitrogens with zero attached hydrogens (tertiary/aromatic N) is 4. The Morgan fingerprint density at radius 3 is 2.65 bits per heavy atom. The van der Waals surface area contributed by atoms with Crippen LogP contribution in [0.15, 0.2) is 85.2 Å². The maximum Gasteiger partial charge on any atom is 0.271 e. The molecule has 0 unspecified atom stereocenters. The van der Waals surface area contributed by atoms with Gasteiger partial charge in [0.05, 0.1) is 17.2 Å². The molecule has 1 aromatic heterocycles. The van der Waals surface area contributed by atoms with E-state index >= 15 is 0 Å². The average Bonchev–Trinajstić information content (AvgIpc) is 3.42. The van der Waals surface area contributed by atoms with E-state index in [0.717, 1.165) is 22.3 Å². The van der Waals surface area contributed by atoms with E-state index in [1.165, 1.54) is 23.1 Å². The summed E-state index contributed by atoms with van der Waals surface area (Å²) in [6, 6.07) is 21.8. The van der Waals surface area contributed by atoms with Crippen molar-refractivity contribution in [2.24, 2.45) is 0 Å². The number of hydrogen-bond donors (Lipinski definition) is 1. The predicted molar refractivity (Wildman–Crippen MR) is 136 cm³/mol. The minimum Gasteiger partial charge on any atom is -0.482 e. The fraction of sp³-hybridized carbons (Fsp3) is 0.148. The molecule has 0 spiro atoms. The summed E-state index contributed by atoms with van der Waals surface area (Å²) in [6.07, 6.45) is 3.66. The van der Waals surface area contributed by atoms with Crippen LogP contribution in [0.2, 0.25) is 0 Å². The lowest BCUT2D eigenvalue weighted by molar-refractivity contribution is -0.384. The first kappa shape index (κ1) is 23.7. The highest BCUT2D eigenvalue weighted by molar-refractivity contribution is 6.02. The molecule has 37 heavy (non-hydrogen) atoms. The van der Waals surface area contributed by atoms with Crippen LogP contribution in [0.25, 0.3) is 11.1 Å². The van der Waals surface area contributed by atoms with Gasteiger partial charge in [-0.3, -0.25) is 29.3 Å². The molecular weight excluding hydrogens is 474 g/mol. The molecule has 1 N–H and O–H groups in total. The molecule has 1 aliphatic heterocycles. The van der Waals surface area contributed by atoms with Gasteiger partial charge in [-0.2, -0.15) is 5.10 Å². The van der Waals surface area contributed by atoms with Crippen LogP contribution in [0.1, 0.15) is 11.1 Å². The third-order valence-corrected chi connectivity index (χ3v) is 6.06. The highest BCUT2D eigenvalue weighted by Crippen LogP contribution is 2.35. The van der Waals surface area contributed by atoms with E-state index < -0.39 is 16.7 Å². The lowest BCUT2D eigenvalue weighted by Crippen LogP contribution is -2.45. The third-order valence-electron chi connectivity index (χ3n) is 6.06. The highest BCUT2D eigenvalue weighted by Gasteiger charge is 2.29. The summed E-state index contributed by atoms with van der Waals surface area (Å²) in [6.45, 7) is 0.417. The van der Waals surface area contributed by atoms with Gasteiger partial charge >= 0.3 is 0 Å². The maximum atomic E-state index is 12.8. The van der Waals surface area contributed by atoms with Crippen LogP contribution in [0.4, 0.5) is 11.4 Å². The van der Waals surface area contributed by atoms with Crippen LogP contribution < -0.4 is 15.0 Å². The Balaban J connectivity index is 1.27. The molecule has 0 atom stereocenters. The second-order valence-electron chi connectivity index (χ2n) is 8.51. The topological polar surface area (TPSA) is 120 Å². The maximum absolute atomic E-state index is 12.8. The first-order valence-corrected chi connectivity index (χ1v) is 11.6. The number of carbonyl (C=O) groups is 2. The van der Waals surface area contributed by atoms with E-state index in [0.29, 0.717) is 12.3 Å². The van der Waals surface area contributed by atoms with Gasteiger partial charge < -0.3 is 10.1 Å². The SMILES string of the molecule is O=C(CN1C(=O)COc2ccc([N+](=O)[O-])cc21)NCc1ccccc1-c1ccc(Cn2cccn2)cc1. The fourth-order valence-corrected chi connectivity index (χ4v) is 4.20. The van der Waals surface area contributed by atoms with Gasteiger partial charge in [-0.15, -0.1) is 0 Å². The quantitative estimate of drug-likeness (QED) is 0.294. The number of benzene rings is 3. The Bertz CT molecular complexity index is 1450. The summed E-state index contributed by atoms with van der Waals surface area (Å²) in [5.41, 5.74) is 4.05. The predicted octanol–water partition coefficient (Wildman–Crippen LogP) is 3.55. The monoisotopic (exact) mass is 497 g/mol. The Labute approximate surface area is 212 Å². The Morgan fingerprint density at radius 1 is 1.08 bits per heavy atom. The second kappa shape index (κ2) is 10.3. The van der Waals surface area contributed by atoms with E-state index in [-0.39, 0.29) is 31.1 Å². The van der Waals surface area contributed by atoms with E-state index in [1.54, 1.807) is 6.20 Å². The van der Waals surface area contributed by atoms with Crippen molar-refractivity contribution in [3.63, 3.8) is 0 Å². The van der Waals surface area contributed by atoms with Crippen LogP contribution in [0.3, 0.4) is 0 Å². The molecule has 0 bridgehead atoms. The summed E-state index contributed by atoms with van der Waals surface area (Å²) >= 11 is 0. The Hall–Kier alpha value is -4.99. The lowest BCUT2D eigenvalue weighted by Gasteiger charge is -2.28. The number of hydrogen-bond acceptors (Lipinski definition) is 6. The van der Waals surface area contributed by atoms with Gasteiger partial charge in [0.25, 0.3) is 11.6 Å². The van der Waals surface area contributed by atoms with Crippen LogP contribution >= 0.6 is 0 Å². The second-order valence-corrected chi connectivity index (χ2v) is 8.51. The number of anilines is 1. The van der Waals surface area contributed by atoms with Gasteiger partial charge in [0, 0.05) is 31.1 Å². The van der Waals surface area contributed by atoms with E-state index in [4.69, 9.17) is 4.74 Å². The van der Waals surface area contributed by atoms with Crippen LogP contribution in [-0.2, 0) is 22.7 Å². The minimum absolute atomic E-state index is 0.188. The molecule has 10 heteroatoms. The smallest absolute Gasteiger partial charge is 0.271 e. The van der Waals surface area contributed by atoms with Crippen LogP contribution in [0, 0.1) is 10.1 Å². The van der Waals surface area contributed by atoms with Gasteiger partial charge in [0.1, 0.15) is 12.3 Å². The first-order chi connectivity index (χ1) is 18.0. The highest BCUT2D eigenvalue weighted by atomic mass is 16.6. The molecule has 0 saturated heterocycles. The average molecular weight is 498 g/mol. The standard InChI is InChI=1S/C27H23N5O5/c33-26(17-31-24-14-22(32(35)36)10-11-25(24)37-18-27(31)34)28-15-21-4-1-2-5-23(21)20-8-6-19(7-9-20)16-30-13-3-12-29-30/h1-14H,15-18H2,(H,28,33). The van der Waals surface area contributed by atoms with E-state index in [2.05, 4.69) is 10.4 Å². The number of fused-ring (bicyclic) bond motifs is 1. The zero-order chi connectivity index (χ0) is 25.8. The molecule has 1 aliphatic rings. The number of ether oxygens (including phenoxy) is 1. The van der Waals surface area contributed by atoms with Gasteiger partial charge in [0.15, 0.2) is 6.61 Å². The zero-order valence-electron chi connectivity index (χ0n) is 19.7. The largest absolute Gasteiger partial charge is 0.482 e. The van der Waals surface area contributed by atoms with Crippen LogP contribution in [-0.4, -0.2) is 39.7 Å². The summed E-state index contributed by atoms with van der Waals surface area (Å²) in [5.74, 6) is -0.518. The fourth-order valence-electron chi connectivity index (χ4n) is 4.20. The summed E-state index contributed by atoms with van der Waals surface area (Å²) in [5, 5.41) is 18.3. The molecule has 3 aromatic carbocycles. The molecule has 4 aromatic rings. The number of nitro groups is 1. The molecule has 186 valence electrons. The van der Waals surface area contributed by atoms with Crippen molar-refractivity contribution in [1.82, 2.24) is 15.1 Å². The third kappa shape index (κ3) is 5.32. The van der Waals surface area contributed by atoms with Gasteiger partial charge in [-0.1, -0.05) is 48.5 Å². The molecule has 0 fully saturated rings. The number of aromatic nitrogens is 2. The van der Waals surface area contributed by atoms with Crippen molar-refractivity contribution in [1.29, 1.82) is 0 Å². The zero-order valence-corrected chi connectivity index (χ0v) is 19.7. The van der Waals surface area contributed by atoms with E-state index in [1.807, 2.05) is 65.5 Å². The van der Waals surface area contributed by atoms with E-state index in [9.17, 15) is 19.7 Å². The number of nitro benzene ring substituents is 1.